The van der Waals surface area contributed by atoms with E-state index in [0.717, 1.165) is 24.7 Å². The van der Waals surface area contributed by atoms with Gasteiger partial charge in [0, 0.05) is 37.2 Å². The fourth-order valence-electron chi connectivity index (χ4n) is 2.43. The van der Waals surface area contributed by atoms with Gasteiger partial charge in [-0.3, -0.25) is 4.90 Å². The van der Waals surface area contributed by atoms with Gasteiger partial charge in [-0.05, 0) is 20.9 Å². The second kappa shape index (κ2) is 5.63. The molecule has 1 saturated heterocycles. The number of hydrogen-bond acceptors (Lipinski definition) is 4. The molecule has 0 saturated carbocycles. The average Bonchev–Trinajstić information content (AvgIpc) is 2.34. The van der Waals surface area contributed by atoms with Crippen LogP contribution in [0.1, 0.15) is 39.4 Å². The quantitative estimate of drug-likeness (QED) is 0.781. The molecule has 0 N–H and O–H groups in total. The first-order valence-corrected chi connectivity index (χ1v) is 7.27. The second-order valence-corrected chi connectivity index (χ2v) is 6.22. The Hall–Kier alpha value is -0.870. The fraction of sp³-hybridized carbons (Fsp3) is 0.714. The Labute approximate surface area is 120 Å². The van der Waals surface area contributed by atoms with Gasteiger partial charge >= 0.3 is 0 Å². The number of anilines is 1. The third kappa shape index (κ3) is 3.18. The van der Waals surface area contributed by atoms with E-state index in [4.69, 9.17) is 11.6 Å². The maximum Gasteiger partial charge on any atom is 0.135 e. The van der Waals surface area contributed by atoms with Crippen LogP contribution in [0.3, 0.4) is 0 Å². The molecule has 5 heteroatoms. The van der Waals surface area contributed by atoms with Crippen molar-refractivity contribution in [2.24, 2.45) is 0 Å². The van der Waals surface area contributed by atoms with E-state index >= 15 is 0 Å². The first-order valence-electron chi connectivity index (χ1n) is 6.90. The molecule has 1 aliphatic rings. The summed E-state index contributed by atoms with van der Waals surface area (Å²) in [7, 11) is 2.18. The molecule has 0 radical (unpaired) electrons. The van der Waals surface area contributed by atoms with Crippen molar-refractivity contribution in [2.75, 3.05) is 25.0 Å². The van der Waals surface area contributed by atoms with E-state index in [1.165, 1.54) is 0 Å². The van der Waals surface area contributed by atoms with Crippen molar-refractivity contribution in [3.8, 4) is 0 Å². The van der Waals surface area contributed by atoms with Gasteiger partial charge in [0.15, 0.2) is 0 Å². The number of piperazine rings is 1. The SMILES string of the molecule is CC(C)c1nc(Cl)cc(N2CC(C)N(C)C(C)C2)n1. The van der Waals surface area contributed by atoms with Crippen LogP contribution in [0.2, 0.25) is 5.15 Å². The molecule has 106 valence electrons. The Morgan fingerprint density at radius 3 is 2.32 bits per heavy atom. The topological polar surface area (TPSA) is 32.3 Å². The fourth-order valence-corrected chi connectivity index (χ4v) is 2.62. The van der Waals surface area contributed by atoms with Crippen LogP contribution in [0.4, 0.5) is 5.82 Å². The molecular formula is C14H23ClN4. The van der Waals surface area contributed by atoms with Gasteiger partial charge in [-0.25, -0.2) is 9.97 Å². The van der Waals surface area contributed by atoms with Crippen LogP contribution in [0, 0.1) is 0 Å². The van der Waals surface area contributed by atoms with Crippen molar-refractivity contribution in [1.82, 2.24) is 14.9 Å². The summed E-state index contributed by atoms with van der Waals surface area (Å²) >= 11 is 6.13. The molecule has 2 unspecified atom stereocenters. The van der Waals surface area contributed by atoms with Crippen molar-refractivity contribution in [3.05, 3.63) is 17.0 Å². The zero-order chi connectivity index (χ0) is 14.2. The maximum absolute atomic E-state index is 6.13. The van der Waals surface area contributed by atoms with E-state index in [9.17, 15) is 0 Å². The van der Waals surface area contributed by atoms with Crippen LogP contribution in [0.15, 0.2) is 6.07 Å². The van der Waals surface area contributed by atoms with Gasteiger partial charge in [0.1, 0.15) is 16.8 Å². The molecule has 2 rings (SSSR count). The lowest BCUT2D eigenvalue weighted by Crippen LogP contribution is -2.55. The van der Waals surface area contributed by atoms with E-state index in [1.54, 1.807) is 0 Å². The molecule has 4 nitrogen and oxygen atoms in total. The molecule has 0 aromatic carbocycles. The Balaban J connectivity index is 2.26. The van der Waals surface area contributed by atoms with Crippen molar-refractivity contribution >= 4 is 17.4 Å². The van der Waals surface area contributed by atoms with Crippen molar-refractivity contribution in [2.45, 2.75) is 45.7 Å². The number of halogens is 1. The number of likely N-dealkylation sites (N-methyl/N-ethyl adjacent to an activating group) is 1. The first-order chi connectivity index (χ1) is 8.88. The minimum absolute atomic E-state index is 0.291. The zero-order valence-electron chi connectivity index (χ0n) is 12.4. The zero-order valence-corrected chi connectivity index (χ0v) is 13.1. The number of aromatic nitrogens is 2. The van der Waals surface area contributed by atoms with Crippen LogP contribution >= 0.6 is 11.6 Å². The molecule has 0 bridgehead atoms. The van der Waals surface area contributed by atoms with Crippen LogP contribution in [0.5, 0.6) is 0 Å². The first kappa shape index (κ1) is 14.5. The summed E-state index contributed by atoms with van der Waals surface area (Å²) < 4.78 is 0. The third-order valence-electron chi connectivity index (χ3n) is 3.90. The predicted octanol–water partition coefficient (Wildman–Crippen LogP) is 2.78. The third-order valence-corrected chi connectivity index (χ3v) is 4.09. The number of hydrogen-bond donors (Lipinski definition) is 0. The summed E-state index contributed by atoms with van der Waals surface area (Å²) in [4.78, 5) is 13.7. The highest BCUT2D eigenvalue weighted by atomic mass is 35.5. The monoisotopic (exact) mass is 282 g/mol. The highest BCUT2D eigenvalue weighted by Crippen LogP contribution is 2.23. The van der Waals surface area contributed by atoms with Crippen molar-refractivity contribution in [3.63, 3.8) is 0 Å². The molecule has 1 aromatic heterocycles. The van der Waals surface area contributed by atoms with Crippen LogP contribution < -0.4 is 4.90 Å². The average molecular weight is 283 g/mol. The van der Waals surface area contributed by atoms with Gasteiger partial charge in [-0.2, -0.15) is 0 Å². The Morgan fingerprint density at radius 1 is 1.21 bits per heavy atom. The second-order valence-electron chi connectivity index (χ2n) is 5.83. The van der Waals surface area contributed by atoms with E-state index in [2.05, 4.69) is 54.5 Å². The van der Waals surface area contributed by atoms with Crippen molar-refractivity contribution in [1.29, 1.82) is 0 Å². The molecule has 1 aromatic rings. The van der Waals surface area contributed by atoms with Gasteiger partial charge in [-0.15, -0.1) is 0 Å². The summed E-state index contributed by atoms with van der Waals surface area (Å²) in [6.45, 7) is 10.6. The summed E-state index contributed by atoms with van der Waals surface area (Å²) in [5.41, 5.74) is 0. The molecule has 0 amide bonds. The normalized spacial score (nSPS) is 25.1. The van der Waals surface area contributed by atoms with E-state index in [-0.39, 0.29) is 0 Å². The Kier molecular flexibility index (Phi) is 4.31. The number of rotatable bonds is 2. The van der Waals surface area contributed by atoms with Gasteiger partial charge in [0.05, 0.1) is 0 Å². The summed E-state index contributed by atoms with van der Waals surface area (Å²) in [6, 6.07) is 2.90. The van der Waals surface area contributed by atoms with Gasteiger partial charge in [0.25, 0.3) is 0 Å². The van der Waals surface area contributed by atoms with Gasteiger partial charge in [-0.1, -0.05) is 25.4 Å². The Morgan fingerprint density at radius 2 is 1.79 bits per heavy atom. The minimum atomic E-state index is 0.291. The number of nitrogens with zero attached hydrogens (tertiary/aromatic N) is 4. The van der Waals surface area contributed by atoms with Gasteiger partial charge < -0.3 is 4.90 Å². The lowest BCUT2D eigenvalue weighted by Gasteiger charge is -2.43. The minimum Gasteiger partial charge on any atom is -0.353 e. The van der Waals surface area contributed by atoms with E-state index < -0.39 is 0 Å². The smallest absolute Gasteiger partial charge is 0.135 e. The van der Waals surface area contributed by atoms with Gasteiger partial charge in [0.2, 0.25) is 0 Å². The summed E-state index contributed by atoms with van der Waals surface area (Å²) in [5.74, 6) is 2.07. The molecule has 19 heavy (non-hydrogen) atoms. The molecule has 2 heterocycles. The molecule has 2 atom stereocenters. The Bertz CT molecular complexity index is 437. The highest BCUT2D eigenvalue weighted by molar-refractivity contribution is 6.29. The summed E-state index contributed by atoms with van der Waals surface area (Å²) in [6.07, 6.45) is 0. The molecule has 0 spiro atoms. The van der Waals surface area contributed by atoms with Crippen molar-refractivity contribution < 1.29 is 0 Å². The van der Waals surface area contributed by atoms with Crippen LogP contribution in [-0.2, 0) is 0 Å². The van der Waals surface area contributed by atoms with E-state index in [1.807, 2.05) is 6.07 Å². The maximum atomic E-state index is 6.13. The molecular weight excluding hydrogens is 260 g/mol. The highest BCUT2D eigenvalue weighted by Gasteiger charge is 2.27. The lowest BCUT2D eigenvalue weighted by molar-refractivity contribution is 0.169. The molecule has 1 aliphatic heterocycles. The summed E-state index contributed by atoms with van der Waals surface area (Å²) in [5, 5.41) is 0.535. The lowest BCUT2D eigenvalue weighted by atomic mass is 10.1. The predicted molar refractivity (Wildman–Crippen MR) is 80.0 cm³/mol. The largest absolute Gasteiger partial charge is 0.353 e. The van der Waals surface area contributed by atoms with Crippen LogP contribution in [-0.4, -0.2) is 47.1 Å². The standard InChI is InChI=1S/C14H23ClN4/c1-9(2)14-16-12(15)6-13(17-14)19-7-10(3)18(5)11(4)8-19/h6,9-11H,7-8H2,1-5H3. The molecule has 0 aliphatic carbocycles. The molecule has 1 fully saturated rings. The van der Waals surface area contributed by atoms with E-state index in [0.29, 0.717) is 23.2 Å². The van der Waals surface area contributed by atoms with Crippen LogP contribution in [0.25, 0.3) is 0 Å².